The number of alkyl halides is 3. The first-order valence-electron chi connectivity index (χ1n) is 7.57. The number of halogens is 3. The lowest BCUT2D eigenvalue weighted by molar-refractivity contribution is -0.137. The first kappa shape index (κ1) is 18.2. The van der Waals surface area contributed by atoms with Crippen molar-refractivity contribution in [2.24, 2.45) is 5.84 Å². The van der Waals surface area contributed by atoms with E-state index in [1.807, 2.05) is 5.43 Å². The van der Waals surface area contributed by atoms with Gasteiger partial charge >= 0.3 is 11.7 Å². The van der Waals surface area contributed by atoms with E-state index >= 15 is 0 Å². The van der Waals surface area contributed by atoms with Gasteiger partial charge in [0.05, 0.1) is 22.7 Å². The van der Waals surface area contributed by atoms with Crippen molar-refractivity contribution in [2.75, 3.05) is 5.43 Å². The smallest absolute Gasteiger partial charge is 0.405 e. The predicted octanol–water partition coefficient (Wildman–Crippen LogP) is 2.20. The van der Waals surface area contributed by atoms with Crippen molar-refractivity contribution in [1.82, 2.24) is 9.71 Å². The third kappa shape index (κ3) is 3.54. The molecule has 0 amide bonds. The fourth-order valence-corrected chi connectivity index (χ4v) is 2.47. The average Bonchev–Trinajstić information content (AvgIpc) is 2.66. The molecule has 0 atom stereocenters. The number of nitrogens with zero attached hydrogens (tertiary/aromatic N) is 3. The summed E-state index contributed by atoms with van der Waals surface area (Å²) < 4.78 is 40.3. The molecule has 0 aliphatic rings. The quantitative estimate of drug-likeness (QED) is 0.535. The van der Waals surface area contributed by atoms with Crippen LogP contribution in [-0.4, -0.2) is 9.71 Å². The van der Waals surface area contributed by atoms with Gasteiger partial charge in [-0.2, -0.15) is 18.4 Å². The Balaban J connectivity index is 2.20. The van der Waals surface area contributed by atoms with Crippen molar-refractivity contribution in [3.63, 3.8) is 0 Å². The minimum absolute atomic E-state index is 0.0349. The first-order valence-corrected chi connectivity index (χ1v) is 7.57. The second-order valence-electron chi connectivity index (χ2n) is 5.46. The minimum Gasteiger partial charge on any atom is -0.405 e. The molecule has 10 heteroatoms. The van der Waals surface area contributed by atoms with Crippen LogP contribution in [0.2, 0.25) is 0 Å². The highest BCUT2D eigenvalue weighted by Gasteiger charge is 2.34. The molecule has 3 rings (SSSR count). The van der Waals surface area contributed by atoms with Gasteiger partial charge in [-0.25, -0.2) is 10.8 Å². The molecule has 1 heterocycles. The Morgan fingerprint density at radius 3 is 2.56 bits per heavy atom. The molecule has 0 unspecified atom stereocenters. The van der Waals surface area contributed by atoms with Gasteiger partial charge in [-0.3, -0.25) is 4.79 Å². The normalized spacial score (nSPS) is 11.2. The van der Waals surface area contributed by atoms with Gasteiger partial charge in [-0.15, -0.1) is 4.73 Å². The van der Waals surface area contributed by atoms with Crippen LogP contribution in [-0.2, 0) is 12.8 Å². The van der Waals surface area contributed by atoms with Crippen molar-refractivity contribution >= 4 is 16.9 Å². The lowest BCUT2D eigenvalue weighted by Gasteiger charge is -2.15. The highest BCUT2D eigenvalue weighted by atomic mass is 19.4. The Kier molecular flexibility index (Phi) is 4.70. The Morgan fingerprint density at radius 1 is 1.26 bits per heavy atom. The molecule has 0 spiro atoms. The van der Waals surface area contributed by atoms with Gasteiger partial charge in [0.15, 0.2) is 0 Å². The molecule has 7 nitrogen and oxygen atoms in total. The minimum atomic E-state index is -4.76. The number of hydrogen-bond acceptors (Lipinski definition) is 6. The maximum absolute atomic E-state index is 13.2. The molecular formula is C17H12F3N5O2. The number of fused-ring (bicyclic) bond motifs is 1. The number of anilines is 1. The van der Waals surface area contributed by atoms with E-state index in [0.717, 1.165) is 16.4 Å². The van der Waals surface area contributed by atoms with Crippen LogP contribution in [0, 0.1) is 11.3 Å². The highest BCUT2D eigenvalue weighted by molar-refractivity contribution is 5.79. The summed E-state index contributed by atoms with van der Waals surface area (Å²) in [5.41, 5.74) is -0.140. The van der Waals surface area contributed by atoms with Gasteiger partial charge in [-0.1, -0.05) is 30.3 Å². The standard InChI is InChI=1S/C17H12F3N5O2/c18-17(19,20)12-7-13-14(6-11(12)8-21)25(16(26)15(23-13)24-22)27-9-10-4-2-1-3-5-10/h1-7H,9,22H2,(H,23,24). The molecule has 0 saturated carbocycles. The van der Waals surface area contributed by atoms with E-state index in [0.29, 0.717) is 6.07 Å². The maximum atomic E-state index is 13.2. The molecule has 0 aliphatic carbocycles. The number of benzene rings is 2. The number of rotatable bonds is 4. The number of nitriles is 1. The summed E-state index contributed by atoms with van der Waals surface area (Å²) in [6.45, 7) is -0.0349. The van der Waals surface area contributed by atoms with Gasteiger partial charge in [0.1, 0.15) is 12.1 Å². The monoisotopic (exact) mass is 375 g/mol. The zero-order valence-electron chi connectivity index (χ0n) is 13.6. The summed E-state index contributed by atoms with van der Waals surface area (Å²) >= 11 is 0. The van der Waals surface area contributed by atoms with Crippen molar-refractivity contribution in [3.8, 4) is 6.07 Å². The molecular weight excluding hydrogens is 363 g/mol. The third-order valence-corrected chi connectivity index (χ3v) is 3.72. The SMILES string of the molecule is N#Cc1cc2c(cc1C(F)(F)F)nc(NN)c(=O)n2OCc1ccccc1. The van der Waals surface area contributed by atoms with Gasteiger partial charge in [0.2, 0.25) is 5.82 Å². The molecule has 0 saturated heterocycles. The Labute approximate surface area is 150 Å². The van der Waals surface area contributed by atoms with Crippen molar-refractivity contribution in [2.45, 2.75) is 12.8 Å². The summed E-state index contributed by atoms with van der Waals surface area (Å²) in [6, 6.07) is 11.9. The molecule has 27 heavy (non-hydrogen) atoms. The predicted molar refractivity (Wildman–Crippen MR) is 90.3 cm³/mol. The summed E-state index contributed by atoms with van der Waals surface area (Å²) in [5.74, 6) is 4.85. The van der Waals surface area contributed by atoms with Crippen LogP contribution < -0.4 is 21.7 Å². The fraction of sp³-hybridized carbons (Fsp3) is 0.118. The van der Waals surface area contributed by atoms with E-state index in [9.17, 15) is 18.0 Å². The van der Waals surface area contributed by atoms with Crippen LogP contribution >= 0.6 is 0 Å². The van der Waals surface area contributed by atoms with Gasteiger partial charge in [-0.05, 0) is 17.7 Å². The summed E-state index contributed by atoms with van der Waals surface area (Å²) in [7, 11) is 0. The summed E-state index contributed by atoms with van der Waals surface area (Å²) in [5, 5.41) is 9.08. The van der Waals surface area contributed by atoms with E-state index in [2.05, 4.69) is 4.98 Å². The first-order chi connectivity index (χ1) is 12.8. The van der Waals surface area contributed by atoms with Crippen LogP contribution in [0.5, 0.6) is 0 Å². The van der Waals surface area contributed by atoms with E-state index in [-0.39, 0.29) is 17.6 Å². The molecule has 0 radical (unpaired) electrons. The van der Waals surface area contributed by atoms with Crippen molar-refractivity contribution < 1.29 is 18.0 Å². The highest BCUT2D eigenvalue weighted by Crippen LogP contribution is 2.33. The van der Waals surface area contributed by atoms with Crippen molar-refractivity contribution in [1.29, 1.82) is 5.26 Å². The lowest BCUT2D eigenvalue weighted by Crippen LogP contribution is -2.32. The molecule has 138 valence electrons. The van der Waals surface area contributed by atoms with Crippen LogP contribution in [0.1, 0.15) is 16.7 Å². The second kappa shape index (κ2) is 6.97. The summed E-state index contributed by atoms with van der Waals surface area (Å²) in [4.78, 5) is 21.7. The zero-order valence-corrected chi connectivity index (χ0v) is 13.6. The number of nitrogen functional groups attached to an aromatic ring is 1. The lowest BCUT2D eigenvalue weighted by atomic mass is 10.1. The van der Waals surface area contributed by atoms with Crippen LogP contribution in [0.15, 0.2) is 47.3 Å². The fourth-order valence-electron chi connectivity index (χ4n) is 2.47. The van der Waals surface area contributed by atoms with Gasteiger partial charge < -0.3 is 10.3 Å². The Morgan fingerprint density at radius 2 is 1.96 bits per heavy atom. The molecule has 3 N–H and O–H groups in total. The van der Waals surface area contributed by atoms with E-state index in [1.54, 1.807) is 30.3 Å². The molecule has 2 aromatic carbocycles. The van der Waals surface area contributed by atoms with Crippen LogP contribution in [0.3, 0.4) is 0 Å². The molecule has 0 bridgehead atoms. The number of hydrogen-bond donors (Lipinski definition) is 2. The van der Waals surface area contributed by atoms with E-state index in [1.165, 1.54) is 6.07 Å². The topological polar surface area (TPSA) is 106 Å². The van der Waals surface area contributed by atoms with Gasteiger partial charge in [0.25, 0.3) is 0 Å². The maximum Gasteiger partial charge on any atom is 0.417 e. The Hall–Kier alpha value is -3.58. The molecule has 1 aromatic heterocycles. The third-order valence-electron chi connectivity index (χ3n) is 3.72. The van der Waals surface area contributed by atoms with E-state index < -0.39 is 28.7 Å². The van der Waals surface area contributed by atoms with Crippen LogP contribution in [0.4, 0.5) is 19.0 Å². The van der Waals surface area contributed by atoms with Crippen molar-refractivity contribution in [3.05, 3.63) is 69.5 Å². The van der Waals surface area contributed by atoms with E-state index in [4.69, 9.17) is 15.9 Å². The Bertz CT molecular complexity index is 1090. The molecule has 3 aromatic rings. The number of nitrogens with one attached hydrogen (secondary N) is 1. The second-order valence-corrected chi connectivity index (χ2v) is 5.46. The average molecular weight is 375 g/mol. The molecule has 0 aliphatic heterocycles. The number of nitrogens with two attached hydrogens (primary N) is 1. The number of hydrazine groups is 1. The number of aromatic nitrogens is 2. The zero-order chi connectivity index (χ0) is 19.6. The van der Waals surface area contributed by atoms with Gasteiger partial charge in [0, 0.05) is 0 Å². The molecule has 0 fully saturated rings. The largest absolute Gasteiger partial charge is 0.417 e. The summed E-state index contributed by atoms with van der Waals surface area (Å²) in [6.07, 6.45) is -4.76. The van der Waals surface area contributed by atoms with Crippen LogP contribution in [0.25, 0.3) is 11.0 Å².